The average Bonchev–Trinajstić information content (AvgIpc) is 2.92. The minimum atomic E-state index is -0.565. The molecule has 3 aromatic carbocycles. The molecule has 1 atom stereocenters. The lowest BCUT2D eigenvalue weighted by atomic mass is 9.83. The molecule has 0 saturated carbocycles. The molecular formula is C30H30N2O6. The Bertz CT molecular complexity index is 1390. The predicted molar refractivity (Wildman–Crippen MR) is 141 cm³/mol. The first-order valence-corrected chi connectivity index (χ1v) is 12.4. The van der Waals surface area contributed by atoms with E-state index < -0.39 is 11.9 Å². The van der Waals surface area contributed by atoms with Crippen molar-refractivity contribution in [1.82, 2.24) is 0 Å². The van der Waals surface area contributed by atoms with Crippen LogP contribution in [-0.2, 0) is 4.79 Å². The molecule has 0 saturated heterocycles. The molecule has 1 unspecified atom stereocenters. The summed E-state index contributed by atoms with van der Waals surface area (Å²) in [4.78, 5) is 12.4. The normalized spacial score (nSPS) is 14.1. The average molecular weight is 515 g/mol. The molecule has 0 aromatic heterocycles. The summed E-state index contributed by atoms with van der Waals surface area (Å²) in [6.07, 6.45) is 1.95. The highest BCUT2D eigenvalue weighted by molar-refractivity contribution is 5.74. The molecule has 4 rings (SSSR count). The summed E-state index contributed by atoms with van der Waals surface area (Å²) in [5.41, 5.74) is 8.82. The van der Waals surface area contributed by atoms with Gasteiger partial charge in [-0.1, -0.05) is 43.7 Å². The number of aryl methyl sites for hydroxylation is 1. The topological polar surface area (TPSA) is 113 Å². The van der Waals surface area contributed by atoms with Gasteiger partial charge in [-0.2, -0.15) is 5.26 Å². The minimum absolute atomic E-state index is 0.0152. The number of esters is 1. The molecule has 1 heterocycles. The van der Waals surface area contributed by atoms with Gasteiger partial charge in [0.05, 0.1) is 19.6 Å². The van der Waals surface area contributed by atoms with Gasteiger partial charge in [0, 0.05) is 11.6 Å². The maximum Gasteiger partial charge on any atom is 0.349 e. The van der Waals surface area contributed by atoms with Crippen LogP contribution >= 0.6 is 0 Å². The maximum absolute atomic E-state index is 12.4. The lowest BCUT2D eigenvalue weighted by Gasteiger charge is -2.27. The van der Waals surface area contributed by atoms with Gasteiger partial charge in [-0.05, 0) is 48.7 Å². The Kier molecular flexibility index (Phi) is 8.39. The molecular weight excluding hydrogens is 484 g/mol. The molecule has 38 heavy (non-hydrogen) atoms. The van der Waals surface area contributed by atoms with Crippen LogP contribution in [0.5, 0.6) is 28.7 Å². The summed E-state index contributed by atoms with van der Waals surface area (Å²) in [6, 6.07) is 20.1. The fraction of sp³-hybridized carbons (Fsp3) is 0.267. The monoisotopic (exact) mass is 514 g/mol. The second-order valence-electron chi connectivity index (χ2n) is 8.76. The van der Waals surface area contributed by atoms with Gasteiger partial charge in [0.2, 0.25) is 5.88 Å². The Morgan fingerprint density at radius 3 is 2.61 bits per heavy atom. The van der Waals surface area contributed by atoms with Crippen LogP contribution < -0.4 is 29.4 Å². The number of carbonyl (C=O) groups excluding carboxylic acids is 1. The number of fused-ring (bicyclic) bond motifs is 1. The Labute approximate surface area is 222 Å². The zero-order valence-electron chi connectivity index (χ0n) is 21.7. The number of nitriles is 1. The molecule has 0 fully saturated rings. The van der Waals surface area contributed by atoms with Crippen LogP contribution in [-0.4, -0.2) is 26.3 Å². The fourth-order valence-corrected chi connectivity index (χ4v) is 4.17. The number of hydrogen-bond acceptors (Lipinski definition) is 8. The van der Waals surface area contributed by atoms with Crippen molar-refractivity contribution in [3.63, 3.8) is 0 Å². The SMILES string of the molecule is CCCCOc1ccc(C2C(C#N)=C(N)Oc3cc(OC(=O)COc4ccccc4C)ccc32)cc1OC. The summed E-state index contributed by atoms with van der Waals surface area (Å²) >= 11 is 0. The van der Waals surface area contributed by atoms with Gasteiger partial charge in [0.15, 0.2) is 18.1 Å². The van der Waals surface area contributed by atoms with E-state index in [0.717, 1.165) is 24.0 Å². The fourth-order valence-electron chi connectivity index (χ4n) is 4.17. The highest BCUT2D eigenvalue weighted by Gasteiger charge is 2.31. The van der Waals surface area contributed by atoms with Gasteiger partial charge < -0.3 is 29.4 Å². The van der Waals surface area contributed by atoms with E-state index in [1.807, 2.05) is 43.3 Å². The van der Waals surface area contributed by atoms with Crippen molar-refractivity contribution in [3.8, 4) is 34.8 Å². The number of nitrogens with two attached hydrogens (primary N) is 1. The van der Waals surface area contributed by atoms with Crippen LogP contribution in [0.2, 0.25) is 0 Å². The summed E-state index contributed by atoms with van der Waals surface area (Å²) in [5, 5.41) is 9.88. The van der Waals surface area contributed by atoms with Crippen LogP contribution in [0.25, 0.3) is 0 Å². The van der Waals surface area contributed by atoms with E-state index in [0.29, 0.717) is 35.2 Å². The third-order valence-electron chi connectivity index (χ3n) is 6.14. The van der Waals surface area contributed by atoms with Crippen LogP contribution in [0, 0.1) is 18.3 Å². The summed E-state index contributed by atoms with van der Waals surface area (Å²) in [7, 11) is 1.57. The van der Waals surface area contributed by atoms with E-state index in [4.69, 9.17) is 29.4 Å². The molecule has 8 heteroatoms. The van der Waals surface area contributed by atoms with Crippen LogP contribution in [0.3, 0.4) is 0 Å². The second kappa shape index (κ2) is 12.1. The van der Waals surface area contributed by atoms with Gasteiger partial charge in [-0.25, -0.2) is 4.79 Å². The lowest BCUT2D eigenvalue weighted by Crippen LogP contribution is -2.22. The molecule has 0 radical (unpaired) electrons. The number of methoxy groups -OCH3 is 1. The standard InChI is InChI=1S/C30H30N2O6/c1-4-5-14-35-25-13-10-20(15-27(25)34-3)29-22-12-11-21(16-26(22)38-30(32)23(29)17-31)37-28(33)18-36-24-9-7-6-8-19(24)2/h6-13,15-16,29H,4-5,14,18,32H2,1-3H3. The van der Waals surface area contributed by atoms with Crippen molar-refractivity contribution in [1.29, 1.82) is 5.26 Å². The number of ether oxygens (including phenoxy) is 5. The van der Waals surface area contributed by atoms with Crippen molar-refractivity contribution in [2.24, 2.45) is 5.73 Å². The molecule has 0 amide bonds. The van der Waals surface area contributed by atoms with Crippen molar-refractivity contribution >= 4 is 5.97 Å². The van der Waals surface area contributed by atoms with E-state index >= 15 is 0 Å². The zero-order chi connectivity index (χ0) is 27.1. The quantitative estimate of drug-likeness (QED) is 0.218. The van der Waals surface area contributed by atoms with E-state index in [1.165, 1.54) is 0 Å². The maximum atomic E-state index is 12.4. The molecule has 1 aliphatic heterocycles. The Hall–Kier alpha value is -4.64. The van der Waals surface area contributed by atoms with Gasteiger partial charge in [0.1, 0.15) is 28.9 Å². The second-order valence-corrected chi connectivity index (χ2v) is 8.76. The number of hydrogen-bond donors (Lipinski definition) is 1. The molecule has 1 aliphatic rings. The molecule has 0 bridgehead atoms. The molecule has 0 spiro atoms. The number of unbranched alkanes of at least 4 members (excludes halogenated alkanes) is 1. The molecule has 2 N–H and O–H groups in total. The van der Waals surface area contributed by atoms with Gasteiger partial charge in [-0.3, -0.25) is 0 Å². The predicted octanol–water partition coefficient (Wildman–Crippen LogP) is 5.39. The number of para-hydroxylation sites is 1. The largest absolute Gasteiger partial charge is 0.493 e. The van der Waals surface area contributed by atoms with Crippen LogP contribution in [0.15, 0.2) is 72.1 Å². The van der Waals surface area contributed by atoms with Gasteiger partial charge in [0.25, 0.3) is 0 Å². The molecule has 3 aromatic rings. The number of allylic oxidation sites excluding steroid dienone is 1. The summed E-state index contributed by atoms with van der Waals surface area (Å²) in [6.45, 7) is 4.32. The van der Waals surface area contributed by atoms with Crippen molar-refractivity contribution < 1.29 is 28.5 Å². The Morgan fingerprint density at radius 1 is 1.05 bits per heavy atom. The van der Waals surface area contributed by atoms with Gasteiger partial charge in [-0.15, -0.1) is 0 Å². The van der Waals surface area contributed by atoms with Crippen LogP contribution in [0.1, 0.15) is 42.4 Å². The Morgan fingerprint density at radius 2 is 1.87 bits per heavy atom. The highest BCUT2D eigenvalue weighted by atomic mass is 16.6. The number of rotatable bonds is 10. The first kappa shape index (κ1) is 26.4. The third kappa shape index (κ3) is 5.84. The van der Waals surface area contributed by atoms with Crippen LogP contribution in [0.4, 0.5) is 0 Å². The smallest absolute Gasteiger partial charge is 0.349 e. The zero-order valence-corrected chi connectivity index (χ0v) is 21.7. The Balaban J connectivity index is 1.56. The minimum Gasteiger partial charge on any atom is -0.493 e. The van der Waals surface area contributed by atoms with E-state index in [2.05, 4.69) is 13.0 Å². The number of nitrogens with zero attached hydrogens (tertiary/aromatic N) is 1. The van der Waals surface area contributed by atoms with Crippen molar-refractivity contribution in [3.05, 3.63) is 88.8 Å². The van der Waals surface area contributed by atoms with E-state index in [-0.39, 0.29) is 23.8 Å². The third-order valence-corrected chi connectivity index (χ3v) is 6.14. The first-order chi connectivity index (χ1) is 18.4. The lowest BCUT2D eigenvalue weighted by molar-refractivity contribution is -0.136. The molecule has 196 valence electrons. The number of carbonyl (C=O) groups is 1. The molecule has 8 nitrogen and oxygen atoms in total. The summed E-state index contributed by atoms with van der Waals surface area (Å²) in [5.74, 6) is 1.37. The van der Waals surface area contributed by atoms with E-state index in [9.17, 15) is 10.1 Å². The van der Waals surface area contributed by atoms with Gasteiger partial charge >= 0.3 is 5.97 Å². The summed E-state index contributed by atoms with van der Waals surface area (Å²) < 4.78 is 28.2. The van der Waals surface area contributed by atoms with Crippen molar-refractivity contribution in [2.45, 2.75) is 32.6 Å². The van der Waals surface area contributed by atoms with Crippen molar-refractivity contribution in [2.75, 3.05) is 20.3 Å². The number of benzene rings is 3. The first-order valence-electron chi connectivity index (χ1n) is 12.4. The van der Waals surface area contributed by atoms with E-state index in [1.54, 1.807) is 31.4 Å². The highest BCUT2D eigenvalue weighted by Crippen LogP contribution is 2.45. The molecule has 0 aliphatic carbocycles.